The highest BCUT2D eigenvalue weighted by molar-refractivity contribution is 6.19. The topological polar surface area (TPSA) is 129 Å². The molecule has 3 aromatic rings. The highest BCUT2D eigenvalue weighted by atomic mass is 16.5. The van der Waals surface area contributed by atoms with Crippen molar-refractivity contribution in [1.82, 2.24) is 4.90 Å². The van der Waals surface area contributed by atoms with Crippen molar-refractivity contribution in [2.24, 2.45) is 15.7 Å². The Bertz CT molecular complexity index is 1230. The molecule has 0 bridgehead atoms. The van der Waals surface area contributed by atoms with Gasteiger partial charge in [0.2, 0.25) is 6.17 Å². The van der Waals surface area contributed by atoms with Gasteiger partial charge in [-0.3, -0.25) is 10.2 Å². The van der Waals surface area contributed by atoms with Crippen molar-refractivity contribution in [1.29, 1.82) is 5.41 Å². The molecule has 1 aliphatic rings. The molecule has 182 valence electrons. The average molecular weight is 475 g/mol. The summed E-state index contributed by atoms with van der Waals surface area (Å²) in [6.07, 6.45) is -1.19. The molecule has 4 N–H and O–H groups in total. The van der Waals surface area contributed by atoms with Crippen molar-refractivity contribution >= 4 is 29.2 Å². The number of carbonyl (C=O) groups is 1. The number of hydrogen-bond donors (Lipinski definition) is 3. The maximum absolute atomic E-state index is 12.8. The second-order valence-corrected chi connectivity index (χ2v) is 7.65. The summed E-state index contributed by atoms with van der Waals surface area (Å²) in [6, 6.07) is 19.9. The van der Waals surface area contributed by atoms with Crippen molar-refractivity contribution in [3.8, 4) is 0 Å². The van der Waals surface area contributed by atoms with E-state index in [9.17, 15) is 4.79 Å². The molecule has 1 atom stereocenters. The Morgan fingerprint density at radius 3 is 2.51 bits per heavy atom. The standard InChI is InChI=1S/C24H24N6O3.C2H6/c1-30(2)14-16-12-13-19(32-16)21(25)33-24(26)29-22-23(31)27-18-11-7-6-10-17(18)20(28-22)15-8-4-3-5-9-15;1-2/h3-13,22,25H,14H2,1-2H3,(H2,26,29)(H,27,31);1-2H3. The van der Waals surface area contributed by atoms with E-state index >= 15 is 0 Å². The first-order chi connectivity index (χ1) is 16.9. The Balaban J connectivity index is 0.00000167. The lowest BCUT2D eigenvalue weighted by atomic mass is 10.0. The Morgan fingerprint density at radius 1 is 1.11 bits per heavy atom. The normalized spacial score (nSPS) is 15.2. The SMILES string of the molecule is CC.CN(C)Cc1ccc(C(=N)O/C(N)=N/C2N=C(c3ccccc3)c3ccccc3NC2=O)o1. The fourth-order valence-corrected chi connectivity index (χ4v) is 3.36. The molecule has 2 heterocycles. The number of ether oxygens (including phenoxy) is 1. The summed E-state index contributed by atoms with van der Waals surface area (Å²) in [6.45, 7) is 4.58. The first-order valence-corrected chi connectivity index (χ1v) is 11.3. The van der Waals surface area contributed by atoms with Gasteiger partial charge < -0.3 is 25.1 Å². The molecule has 1 aromatic heterocycles. The number of benzene rings is 2. The summed E-state index contributed by atoms with van der Waals surface area (Å²) in [5.41, 5.74) is 8.74. The van der Waals surface area contributed by atoms with E-state index in [-0.39, 0.29) is 17.7 Å². The van der Waals surface area contributed by atoms with Crippen LogP contribution < -0.4 is 11.1 Å². The minimum atomic E-state index is -1.19. The van der Waals surface area contributed by atoms with Gasteiger partial charge in [-0.15, -0.1) is 0 Å². The van der Waals surface area contributed by atoms with Crippen LogP contribution in [0.15, 0.2) is 81.1 Å². The number of nitrogens with zero attached hydrogens (tertiary/aromatic N) is 3. The zero-order valence-corrected chi connectivity index (χ0v) is 20.3. The molecule has 1 amide bonds. The van der Waals surface area contributed by atoms with Crippen LogP contribution in [0.5, 0.6) is 0 Å². The number of hydrogen-bond acceptors (Lipinski definition) is 7. The lowest BCUT2D eigenvalue weighted by Gasteiger charge is -2.09. The number of nitrogens with one attached hydrogen (secondary N) is 2. The van der Waals surface area contributed by atoms with Crippen LogP contribution in [0.4, 0.5) is 5.69 Å². The van der Waals surface area contributed by atoms with Gasteiger partial charge in [0, 0.05) is 11.1 Å². The fourth-order valence-electron chi connectivity index (χ4n) is 3.36. The second-order valence-electron chi connectivity index (χ2n) is 7.65. The Kier molecular flexibility index (Phi) is 8.53. The first-order valence-electron chi connectivity index (χ1n) is 11.3. The Morgan fingerprint density at radius 2 is 1.80 bits per heavy atom. The molecule has 9 nitrogen and oxygen atoms in total. The van der Waals surface area contributed by atoms with Crippen molar-refractivity contribution in [3.05, 3.63) is 89.4 Å². The van der Waals surface area contributed by atoms with Gasteiger partial charge in [0.05, 0.1) is 17.9 Å². The molecule has 0 radical (unpaired) electrons. The number of rotatable bonds is 5. The van der Waals surface area contributed by atoms with Gasteiger partial charge in [-0.2, -0.15) is 4.99 Å². The monoisotopic (exact) mass is 474 g/mol. The van der Waals surface area contributed by atoms with E-state index in [2.05, 4.69) is 15.3 Å². The van der Waals surface area contributed by atoms with E-state index in [4.69, 9.17) is 20.3 Å². The number of anilines is 1. The number of carbonyl (C=O) groups excluding carboxylic acids is 1. The summed E-state index contributed by atoms with van der Waals surface area (Å²) < 4.78 is 10.9. The number of para-hydroxylation sites is 1. The lowest BCUT2D eigenvalue weighted by molar-refractivity contribution is -0.117. The van der Waals surface area contributed by atoms with Crippen molar-refractivity contribution in [2.75, 3.05) is 19.4 Å². The molecule has 0 fully saturated rings. The predicted octanol–water partition coefficient (Wildman–Crippen LogP) is 3.84. The third kappa shape index (κ3) is 6.42. The molecule has 0 saturated carbocycles. The second kappa shape index (κ2) is 11.8. The van der Waals surface area contributed by atoms with Crippen molar-refractivity contribution in [2.45, 2.75) is 26.6 Å². The largest absolute Gasteiger partial charge is 0.455 e. The summed E-state index contributed by atoms with van der Waals surface area (Å²) >= 11 is 0. The average Bonchev–Trinajstić information content (AvgIpc) is 3.26. The number of fused-ring (bicyclic) bond motifs is 1. The van der Waals surface area contributed by atoms with Crippen molar-refractivity contribution < 1.29 is 13.9 Å². The van der Waals surface area contributed by atoms with Crippen LogP contribution in [0.25, 0.3) is 0 Å². The van der Waals surface area contributed by atoms with E-state index in [1.165, 1.54) is 0 Å². The molecule has 4 rings (SSSR count). The van der Waals surface area contributed by atoms with Crippen LogP contribution in [-0.2, 0) is 16.1 Å². The predicted molar refractivity (Wildman–Crippen MR) is 138 cm³/mol. The maximum atomic E-state index is 12.8. The fraction of sp³-hybridized carbons (Fsp3) is 0.231. The van der Waals surface area contributed by atoms with E-state index in [0.29, 0.717) is 23.7 Å². The van der Waals surface area contributed by atoms with Crippen LogP contribution in [0.2, 0.25) is 0 Å². The zero-order valence-electron chi connectivity index (χ0n) is 20.3. The van der Waals surface area contributed by atoms with E-state index in [1.807, 2.05) is 81.4 Å². The van der Waals surface area contributed by atoms with Crippen LogP contribution >= 0.6 is 0 Å². The number of benzodiazepines with no additional fused rings is 1. The molecular weight excluding hydrogens is 444 g/mol. The molecule has 1 aliphatic heterocycles. The number of amides is 1. The highest BCUT2D eigenvalue weighted by Crippen LogP contribution is 2.24. The highest BCUT2D eigenvalue weighted by Gasteiger charge is 2.26. The molecule has 0 aliphatic carbocycles. The smallest absolute Gasteiger partial charge is 0.291 e. The van der Waals surface area contributed by atoms with E-state index in [1.54, 1.807) is 18.2 Å². The minimum Gasteiger partial charge on any atom is -0.455 e. The quantitative estimate of drug-likeness (QED) is 0.382. The Labute approximate surface area is 204 Å². The van der Waals surface area contributed by atoms with Crippen LogP contribution in [-0.4, -0.2) is 48.7 Å². The molecule has 0 spiro atoms. The van der Waals surface area contributed by atoms with Crippen LogP contribution in [0.1, 0.15) is 36.5 Å². The van der Waals surface area contributed by atoms with Gasteiger partial charge >= 0.3 is 0 Å². The molecule has 0 saturated heterocycles. The summed E-state index contributed by atoms with van der Waals surface area (Å²) in [4.78, 5) is 23.5. The van der Waals surface area contributed by atoms with Gasteiger partial charge in [-0.25, -0.2) is 4.99 Å². The van der Waals surface area contributed by atoms with Crippen LogP contribution in [0, 0.1) is 5.41 Å². The minimum absolute atomic E-state index is 0.205. The van der Waals surface area contributed by atoms with E-state index in [0.717, 1.165) is 11.1 Å². The van der Waals surface area contributed by atoms with Crippen molar-refractivity contribution in [3.63, 3.8) is 0 Å². The summed E-state index contributed by atoms with van der Waals surface area (Å²) in [5, 5.41) is 11.0. The summed E-state index contributed by atoms with van der Waals surface area (Å²) in [5.74, 6) is 0.108. The van der Waals surface area contributed by atoms with Crippen LogP contribution in [0.3, 0.4) is 0 Å². The van der Waals surface area contributed by atoms with Gasteiger partial charge in [0.15, 0.2) is 5.76 Å². The third-order valence-electron chi connectivity index (χ3n) is 4.79. The van der Waals surface area contributed by atoms with Gasteiger partial charge in [0.25, 0.3) is 17.8 Å². The molecule has 9 heteroatoms. The lowest BCUT2D eigenvalue weighted by Crippen LogP contribution is -2.29. The maximum Gasteiger partial charge on any atom is 0.291 e. The van der Waals surface area contributed by atoms with Gasteiger partial charge in [0.1, 0.15) is 5.76 Å². The molecule has 35 heavy (non-hydrogen) atoms. The molecule has 1 unspecified atom stereocenters. The molecular formula is C26H30N6O3. The third-order valence-corrected chi connectivity index (χ3v) is 4.79. The number of aliphatic imine (C=N–C) groups is 2. The number of nitrogens with two attached hydrogens (primary N) is 1. The summed E-state index contributed by atoms with van der Waals surface area (Å²) in [7, 11) is 3.82. The number of amidine groups is 1. The Hall–Kier alpha value is -4.24. The van der Waals surface area contributed by atoms with Gasteiger partial charge in [-0.1, -0.05) is 62.4 Å². The zero-order chi connectivity index (χ0) is 25.4. The van der Waals surface area contributed by atoms with E-state index < -0.39 is 12.1 Å². The first kappa shape index (κ1) is 25.4. The molecule has 2 aromatic carbocycles. The number of furan rings is 1. The van der Waals surface area contributed by atoms with Gasteiger partial charge in [-0.05, 0) is 32.3 Å².